The Kier molecular flexibility index (Phi) is 4.80. The van der Waals surface area contributed by atoms with Gasteiger partial charge in [0, 0.05) is 18.8 Å². The molecule has 1 fully saturated rings. The van der Waals surface area contributed by atoms with Gasteiger partial charge in [0.1, 0.15) is 5.82 Å². The van der Waals surface area contributed by atoms with Crippen LogP contribution in [-0.4, -0.2) is 18.1 Å². The van der Waals surface area contributed by atoms with E-state index in [2.05, 4.69) is 34.7 Å². The van der Waals surface area contributed by atoms with Crippen molar-refractivity contribution in [3.63, 3.8) is 0 Å². The van der Waals surface area contributed by atoms with Crippen LogP contribution in [0.4, 0.5) is 5.82 Å². The molecule has 0 saturated carbocycles. The standard InChI is InChI=1S/C14H23N3/c1-2-3-9-16-14-8-7-12(11-17-14)13-6-4-5-10-15-13/h7-8,11,13,15H,2-6,9-10H2,1H3,(H,16,17)/t13-/m1/s1. The maximum Gasteiger partial charge on any atom is 0.125 e. The van der Waals surface area contributed by atoms with Crippen LogP contribution in [-0.2, 0) is 0 Å². The number of nitrogens with one attached hydrogen (secondary N) is 2. The molecule has 3 heteroatoms. The Morgan fingerprint density at radius 3 is 3.00 bits per heavy atom. The molecule has 1 atom stereocenters. The van der Waals surface area contributed by atoms with Crippen LogP contribution >= 0.6 is 0 Å². The van der Waals surface area contributed by atoms with E-state index in [1.807, 2.05) is 6.20 Å². The summed E-state index contributed by atoms with van der Waals surface area (Å²) in [6, 6.07) is 4.81. The largest absolute Gasteiger partial charge is 0.370 e. The van der Waals surface area contributed by atoms with Crippen molar-refractivity contribution < 1.29 is 0 Å². The van der Waals surface area contributed by atoms with Gasteiger partial charge in [-0.15, -0.1) is 0 Å². The van der Waals surface area contributed by atoms with Crippen molar-refractivity contribution in [3.8, 4) is 0 Å². The highest BCUT2D eigenvalue weighted by molar-refractivity contribution is 5.36. The molecule has 0 radical (unpaired) electrons. The van der Waals surface area contributed by atoms with Crippen LogP contribution in [0.3, 0.4) is 0 Å². The summed E-state index contributed by atoms with van der Waals surface area (Å²) in [6.07, 6.45) is 8.31. The van der Waals surface area contributed by atoms with Gasteiger partial charge in [0.15, 0.2) is 0 Å². The van der Waals surface area contributed by atoms with Gasteiger partial charge in [-0.05, 0) is 37.4 Å². The molecule has 0 bridgehead atoms. The fourth-order valence-electron chi connectivity index (χ4n) is 2.25. The minimum atomic E-state index is 0.515. The lowest BCUT2D eigenvalue weighted by atomic mass is 9.99. The van der Waals surface area contributed by atoms with Gasteiger partial charge < -0.3 is 10.6 Å². The summed E-state index contributed by atoms with van der Waals surface area (Å²) < 4.78 is 0. The first-order valence-corrected chi connectivity index (χ1v) is 6.83. The van der Waals surface area contributed by atoms with E-state index >= 15 is 0 Å². The topological polar surface area (TPSA) is 37.0 Å². The Morgan fingerprint density at radius 1 is 1.41 bits per heavy atom. The third kappa shape index (κ3) is 3.70. The van der Waals surface area contributed by atoms with Gasteiger partial charge in [0.05, 0.1) is 0 Å². The number of piperidine rings is 1. The molecule has 17 heavy (non-hydrogen) atoms. The molecule has 2 heterocycles. The monoisotopic (exact) mass is 233 g/mol. The lowest BCUT2D eigenvalue weighted by molar-refractivity contribution is 0.411. The summed E-state index contributed by atoms with van der Waals surface area (Å²) >= 11 is 0. The molecule has 1 aliphatic rings. The van der Waals surface area contributed by atoms with Gasteiger partial charge in [-0.25, -0.2) is 4.98 Å². The predicted octanol–water partition coefficient (Wildman–Crippen LogP) is 3.11. The smallest absolute Gasteiger partial charge is 0.125 e. The van der Waals surface area contributed by atoms with E-state index in [0.29, 0.717) is 6.04 Å². The quantitative estimate of drug-likeness (QED) is 0.767. The number of nitrogens with zero attached hydrogens (tertiary/aromatic N) is 1. The summed E-state index contributed by atoms with van der Waals surface area (Å²) in [5.74, 6) is 0.998. The Bertz CT molecular complexity index is 315. The average Bonchev–Trinajstić information content (AvgIpc) is 2.41. The second kappa shape index (κ2) is 6.60. The average molecular weight is 233 g/mol. The number of hydrogen-bond acceptors (Lipinski definition) is 3. The molecule has 0 spiro atoms. The van der Waals surface area contributed by atoms with Crippen molar-refractivity contribution in [1.82, 2.24) is 10.3 Å². The maximum atomic E-state index is 4.47. The van der Waals surface area contributed by atoms with Crippen molar-refractivity contribution in [2.75, 3.05) is 18.4 Å². The molecule has 0 unspecified atom stereocenters. The minimum Gasteiger partial charge on any atom is -0.370 e. The first kappa shape index (κ1) is 12.4. The lowest BCUT2D eigenvalue weighted by Gasteiger charge is -2.23. The number of anilines is 1. The highest BCUT2D eigenvalue weighted by Gasteiger charge is 2.14. The minimum absolute atomic E-state index is 0.515. The fraction of sp³-hybridized carbons (Fsp3) is 0.643. The zero-order valence-electron chi connectivity index (χ0n) is 10.7. The van der Waals surface area contributed by atoms with Gasteiger partial charge in [-0.2, -0.15) is 0 Å². The van der Waals surface area contributed by atoms with Gasteiger partial charge in [-0.3, -0.25) is 0 Å². The summed E-state index contributed by atoms with van der Waals surface area (Å²) in [4.78, 5) is 4.47. The Labute approximate surface area is 104 Å². The third-order valence-electron chi connectivity index (χ3n) is 3.34. The van der Waals surface area contributed by atoms with Crippen LogP contribution in [0.2, 0.25) is 0 Å². The molecule has 0 amide bonds. The molecular weight excluding hydrogens is 210 g/mol. The van der Waals surface area contributed by atoms with Crippen molar-refractivity contribution in [2.45, 2.75) is 45.1 Å². The van der Waals surface area contributed by atoms with E-state index in [4.69, 9.17) is 0 Å². The Balaban J connectivity index is 1.88. The fourth-order valence-corrected chi connectivity index (χ4v) is 2.25. The van der Waals surface area contributed by atoms with Crippen molar-refractivity contribution in [2.24, 2.45) is 0 Å². The molecule has 0 aromatic carbocycles. The van der Waals surface area contributed by atoms with E-state index < -0.39 is 0 Å². The molecule has 1 aromatic rings. The number of unbranched alkanes of at least 4 members (excludes halogenated alkanes) is 1. The summed E-state index contributed by atoms with van der Waals surface area (Å²) in [6.45, 7) is 4.36. The molecule has 2 rings (SSSR count). The van der Waals surface area contributed by atoms with E-state index in [9.17, 15) is 0 Å². The predicted molar refractivity (Wildman–Crippen MR) is 72.2 cm³/mol. The molecule has 1 aromatic heterocycles. The lowest BCUT2D eigenvalue weighted by Crippen LogP contribution is -2.26. The molecule has 2 N–H and O–H groups in total. The Hall–Kier alpha value is -1.09. The first-order valence-electron chi connectivity index (χ1n) is 6.83. The Morgan fingerprint density at radius 2 is 2.35 bits per heavy atom. The highest BCUT2D eigenvalue weighted by Crippen LogP contribution is 2.22. The van der Waals surface area contributed by atoms with Crippen LogP contribution in [0.1, 0.15) is 50.6 Å². The van der Waals surface area contributed by atoms with Gasteiger partial charge in [0.2, 0.25) is 0 Å². The van der Waals surface area contributed by atoms with Crippen LogP contribution in [0, 0.1) is 0 Å². The number of pyridine rings is 1. The summed E-state index contributed by atoms with van der Waals surface area (Å²) in [5.41, 5.74) is 1.32. The SMILES string of the molecule is CCCCNc1ccc([C@H]2CCCCN2)cn1. The molecule has 0 aliphatic carbocycles. The molecule has 94 valence electrons. The maximum absolute atomic E-state index is 4.47. The first-order chi connectivity index (χ1) is 8.40. The van der Waals surface area contributed by atoms with Crippen molar-refractivity contribution >= 4 is 5.82 Å². The van der Waals surface area contributed by atoms with Crippen molar-refractivity contribution in [3.05, 3.63) is 23.9 Å². The molecular formula is C14H23N3. The highest BCUT2D eigenvalue weighted by atomic mass is 15.0. The van der Waals surface area contributed by atoms with Crippen LogP contribution in [0.25, 0.3) is 0 Å². The zero-order chi connectivity index (χ0) is 11.9. The summed E-state index contributed by atoms with van der Waals surface area (Å²) in [5, 5.41) is 6.89. The van der Waals surface area contributed by atoms with Gasteiger partial charge in [-0.1, -0.05) is 25.8 Å². The molecule has 1 aliphatic heterocycles. The summed E-state index contributed by atoms with van der Waals surface area (Å²) in [7, 11) is 0. The normalized spacial score (nSPS) is 20.2. The van der Waals surface area contributed by atoms with Crippen LogP contribution in [0.15, 0.2) is 18.3 Å². The zero-order valence-corrected chi connectivity index (χ0v) is 10.7. The van der Waals surface area contributed by atoms with Crippen LogP contribution < -0.4 is 10.6 Å². The number of hydrogen-bond donors (Lipinski definition) is 2. The number of aromatic nitrogens is 1. The molecule has 1 saturated heterocycles. The number of rotatable bonds is 5. The second-order valence-electron chi connectivity index (χ2n) is 4.76. The van der Waals surface area contributed by atoms with Crippen molar-refractivity contribution in [1.29, 1.82) is 0 Å². The second-order valence-corrected chi connectivity index (χ2v) is 4.76. The molecule has 3 nitrogen and oxygen atoms in total. The third-order valence-corrected chi connectivity index (χ3v) is 3.34. The van der Waals surface area contributed by atoms with E-state index in [1.165, 1.54) is 37.7 Å². The van der Waals surface area contributed by atoms with E-state index in [-0.39, 0.29) is 0 Å². The van der Waals surface area contributed by atoms with E-state index in [1.54, 1.807) is 0 Å². The van der Waals surface area contributed by atoms with E-state index in [0.717, 1.165) is 18.9 Å². The van der Waals surface area contributed by atoms with Gasteiger partial charge >= 0.3 is 0 Å². The van der Waals surface area contributed by atoms with Gasteiger partial charge in [0.25, 0.3) is 0 Å². The van der Waals surface area contributed by atoms with Crippen LogP contribution in [0.5, 0.6) is 0 Å².